The number of rotatable bonds is 4. The van der Waals surface area contributed by atoms with Gasteiger partial charge in [-0.3, -0.25) is 4.79 Å². The predicted octanol–water partition coefficient (Wildman–Crippen LogP) is 1.60. The minimum atomic E-state index is -0.746. The highest BCUT2D eigenvalue weighted by molar-refractivity contribution is 5.86. The van der Waals surface area contributed by atoms with Crippen molar-refractivity contribution in [1.29, 1.82) is 0 Å². The highest BCUT2D eigenvalue weighted by Gasteiger charge is 2.44. The second kappa shape index (κ2) is 6.16. The van der Waals surface area contributed by atoms with Gasteiger partial charge in [0.2, 0.25) is 0 Å². The second-order valence-electron chi connectivity index (χ2n) is 6.34. The van der Waals surface area contributed by atoms with Crippen LogP contribution in [0.4, 0.5) is 0 Å². The van der Waals surface area contributed by atoms with E-state index in [1.165, 1.54) is 6.42 Å². The molecule has 1 N–H and O–H groups in total. The number of nitrogens with zero attached hydrogens (tertiary/aromatic N) is 1. The summed E-state index contributed by atoms with van der Waals surface area (Å²) in [5.41, 5.74) is 0.404. The van der Waals surface area contributed by atoms with Crippen molar-refractivity contribution in [3.63, 3.8) is 0 Å². The minimum absolute atomic E-state index is 0.0580. The van der Waals surface area contributed by atoms with Crippen molar-refractivity contribution in [3.8, 4) is 0 Å². The van der Waals surface area contributed by atoms with Gasteiger partial charge in [-0.25, -0.2) is 0 Å². The molecule has 1 aliphatic heterocycles. The molecule has 1 heterocycles. The van der Waals surface area contributed by atoms with Crippen LogP contribution >= 0.6 is 0 Å². The molecule has 1 saturated carbocycles. The lowest BCUT2D eigenvalue weighted by atomic mass is 9.88. The van der Waals surface area contributed by atoms with Gasteiger partial charge >= 0.3 is 0 Å². The number of carbonyl (C=O) groups excluding carboxylic acids is 1. The Balaban J connectivity index is 1.78. The number of likely N-dealkylation sites (N-methyl/N-ethyl adjacent to an activating group) is 1. The number of benzene rings is 1. The Labute approximate surface area is 126 Å². The first-order valence-corrected chi connectivity index (χ1v) is 7.85. The van der Waals surface area contributed by atoms with Crippen molar-refractivity contribution in [2.24, 2.45) is 0 Å². The Hall–Kier alpha value is -1.39. The zero-order valence-corrected chi connectivity index (χ0v) is 12.7. The fourth-order valence-electron chi connectivity index (χ4n) is 3.08. The Morgan fingerprint density at radius 3 is 2.76 bits per heavy atom. The lowest BCUT2D eigenvalue weighted by Gasteiger charge is -2.42. The molecule has 21 heavy (non-hydrogen) atoms. The largest absolute Gasteiger partial charge is 0.362 e. The number of ether oxygens (including phenoxy) is 1. The van der Waals surface area contributed by atoms with Gasteiger partial charge in [-0.1, -0.05) is 30.3 Å². The Kier molecular flexibility index (Phi) is 4.27. The molecule has 1 unspecified atom stereocenters. The average Bonchev–Trinajstić information content (AvgIpc) is 2.43. The standard InChI is InChI=1S/C17H24N2O2/c1-19-10-11-21-17(13-19,12-14-6-3-2-4-7-14)16(20)18-15-8-5-9-15/h2-4,6-7,15H,5,8-13H2,1H3,(H,18,20). The van der Waals surface area contributed by atoms with Crippen LogP contribution in [0.1, 0.15) is 24.8 Å². The summed E-state index contributed by atoms with van der Waals surface area (Å²) in [5.74, 6) is 0.0580. The van der Waals surface area contributed by atoms with E-state index in [0.29, 0.717) is 25.6 Å². The van der Waals surface area contributed by atoms with Crippen LogP contribution in [0.3, 0.4) is 0 Å². The maximum atomic E-state index is 12.8. The minimum Gasteiger partial charge on any atom is -0.362 e. The maximum absolute atomic E-state index is 12.8. The average molecular weight is 288 g/mol. The number of morpholine rings is 1. The molecular formula is C17H24N2O2. The van der Waals surface area contributed by atoms with Crippen LogP contribution in [0.15, 0.2) is 30.3 Å². The summed E-state index contributed by atoms with van der Waals surface area (Å²) in [5, 5.41) is 3.18. The first-order chi connectivity index (χ1) is 10.2. The molecule has 0 spiro atoms. The Morgan fingerprint density at radius 2 is 2.14 bits per heavy atom. The summed E-state index contributed by atoms with van der Waals surface area (Å²) in [6.07, 6.45) is 4.06. The van der Waals surface area contributed by atoms with Crippen molar-refractivity contribution in [3.05, 3.63) is 35.9 Å². The molecule has 0 radical (unpaired) electrons. The summed E-state index contributed by atoms with van der Waals surface area (Å²) in [6, 6.07) is 10.5. The van der Waals surface area contributed by atoms with Crippen LogP contribution in [-0.2, 0) is 16.0 Å². The fraction of sp³-hybridized carbons (Fsp3) is 0.588. The zero-order chi connectivity index (χ0) is 14.7. The van der Waals surface area contributed by atoms with Crippen molar-refractivity contribution in [2.45, 2.75) is 37.3 Å². The van der Waals surface area contributed by atoms with E-state index < -0.39 is 5.60 Å². The molecule has 1 aliphatic carbocycles. The lowest BCUT2D eigenvalue weighted by Crippen LogP contribution is -2.62. The first kappa shape index (κ1) is 14.5. The molecule has 1 atom stereocenters. The van der Waals surface area contributed by atoms with Gasteiger partial charge in [-0.15, -0.1) is 0 Å². The van der Waals surface area contributed by atoms with E-state index in [2.05, 4.69) is 29.4 Å². The monoisotopic (exact) mass is 288 g/mol. The molecule has 4 heteroatoms. The normalized spacial score (nSPS) is 27.1. The molecule has 0 aromatic heterocycles. The third-order valence-electron chi connectivity index (χ3n) is 4.56. The number of carbonyl (C=O) groups is 1. The van der Waals surface area contributed by atoms with Gasteiger partial charge in [0.25, 0.3) is 5.91 Å². The third-order valence-corrected chi connectivity index (χ3v) is 4.56. The van der Waals surface area contributed by atoms with Crippen LogP contribution in [0.5, 0.6) is 0 Å². The Morgan fingerprint density at radius 1 is 1.38 bits per heavy atom. The van der Waals surface area contributed by atoms with Gasteiger partial charge in [0, 0.05) is 25.6 Å². The topological polar surface area (TPSA) is 41.6 Å². The molecule has 4 nitrogen and oxygen atoms in total. The van der Waals surface area contributed by atoms with E-state index in [-0.39, 0.29) is 5.91 Å². The highest BCUT2D eigenvalue weighted by atomic mass is 16.5. The SMILES string of the molecule is CN1CCOC(Cc2ccccc2)(C(=O)NC2CCC2)C1. The predicted molar refractivity (Wildman–Crippen MR) is 82.1 cm³/mol. The van der Waals surface area contributed by atoms with Gasteiger partial charge in [0.15, 0.2) is 5.60 Å². The van der Waals surface area contributed by atoms with Crippen LogP contribution in [0, 0.1) is 0 Å². The quantitative estimate of drug-likeness (QED) is 0.915. The molecule has 1 saturated heterocycles. The van der Waals surface area contributed by atoms with Gasteiger partial charge in [-0.05, 0) is 31.9 Å². The number of nitrogens with one attached hydrogen (secondary N) is 1. The van der Waals surface area contributed by atoms with Crippen LogP contribution < -0.4 is 5.32 Å². The number of hydrogen-bond donors (Lipinski definition) is 1. The molecule has 2 aliphatic rings. The smallest absolute Gasteiger partial charge is 0.254 e. The van der Waals surface area contributed by atoms with E-state index in [4.69, 9.17) is 4.74 Å². The number of amides is 1. The van der Waals surface area contributed by atoms with E-state index >= 15 is 0 Å². The van der Waals surface area contributed by atoms with Gasteiger partial charge in [0.1, 0.15) is 0 Å². The highest BCUT2D eigenvalue weighted by Crippen LogP contribution is 2.25. The van der Waals surface area contributed by atoms with Crippen LogP contribution in [-0.4, -0.2) is 49.2 Å². The first-order valence-electron chi connectivity index (χ1n) is 7.85. The van der Waals surface area contributed by atoms with Crippen LogP contribution in [0.25, 0.3) is 0 Å². The Bertz CT molecular complexity index is 487. The molecule has 1 amide bonds. The van der Waals surface area contributed by atoms with Crippen molar-refractivity contribution >= 4 is 5.91 Å². The summed E-state index contributed by atoms with van der Waals surface area (Å²) in [6.45, 7) is 2.15. The van der Waals surface area contributed by atoms with Crippen LogP contribution in [0.2, 0.25) is 0 Å². The van der Waals surface area contributed by atoms with E-state index in [1.54, 1.807) is 0 Å². The van der Waals surface area contributed by atoms with E-state index in [1.807, 2.05) is 18.2 Å². The fourth-order valence-corrected chi connectivity index (χ4v) is 3.08. The van der Waals surface area contributed by atoms with Crippen molar-refractivity contribution in [2.75, 3.05) is 26.7 Å². The second-order valence-corrected chi connectivity index (χ2v) is 6.34. The molecular weight excluding hydrogens is 264 g/mol. The summed E-state index contributed by atoms with van der Waals surface area (Å²) >= 11 is 0. The molecule has 1 aromatic carbocycles. The third kappa shape index (κ3) is 3.27. The van der Waals surface area contributed by atoms with Gasteiger partial charge < -0.3 is 15.0 Å². The molecule has 1 aromatic rings. The molecule has 3 rings (SSSR count). The summed E-state index contributed by atoms with van der Waals surface area (Å²) < 4.78 is 6.02. The zero-order valence-electron chi connectivity index (χ0n) is 12.7. The van der Waals surface area contributed by atoms with E-state index in [9.17, 15) is 4.79 Å². The lowest BCUT2D eigenvalue weighted by molar-refractivity contribution is -0.160. The molecule has 2 fully saturated rings. The van der Waals surface area contributed by atoms with Gasteiger partial charge in [0.05, 0.1) is 6.61 Å². The van der Waals surface area contributed by atoms with Crippen molar-refractivity contribution in [1.82, 2.24) is 10.2 Å². The van der Waals surface area contributed by atoms with Gasteiger partial charge in [-0.2, -0.15) is 0 Å². The number of hydrogen-bond acceptors (Lipinski definition) is 3. The molecule has 0 bridgehead atoms. The summed E-state index contributed by atoms with van der Waals surface area (Å²) in [4.78, 5) is 15.0. The molecule has 114 valence electrons. The maximum Gasteiger partial charge on any atom is 0.254 e. The van der Waals surface area contributed by atoms with Crippen molar-refractivity contribution < 1.29 is 9.53 Å². The summed E-state index contributed by atoms with van der Waals surface area (Å²) in [7, 11) is 2.05. The van der Waals surface area contributed by atoms with E-state index in [0.717, 1.165) is 24.9 Å².